The van der Waals surface area contributed by atoms with Crippen LogP contribution in [0.15, 0.2) is 58.3 Å². The van der Waals surface area contributed by atoms with Gasteiger partial charge in [-0.1, -0.05) is 43.8 Å². The van der Waals surface area contributed by atoms with Crippen molar-refractivity contribution < 1.29 is 19.0 Å². The average molecular weight is 377 g/mol. The molecule has 140 valence electrons. The summed E-state index contributed by atoms with van der Waals surface area (Å²) in [5.74, 6) is -0.192. The van der Waals surface area contributed by atoms with Gasteiger partial charge >= 0.3 is 5.97 Å². The highest BCUT2D eigenvalue weighted by molar-refractivity contribution is 7.99. The molecule has 0 heterocycles. The van der Waals surface area contributed by atoms with Gasteiger partial charge in [-0.2, -0.15) is 0 Å². The average Bonchev–Trinajstić information content (AvgIpc) is 2.55. The van der Waals surface area contributed by atoms with Gasteiger partial charge in [0.15, 0.2) is 0 Å². The predicted molar refractivity (Wildman–Crippen MR) is 101 cm³/mol. The van der Waals surface area contributed by atoms with E-state index in [0.29, 0.717) is 12.4 Å². The van der Waals surface area contributed by atoms with E-state index < -0.39 is 5.97 Å². The van der Waals surface area contributed by atoms with Crippen molar-refractivity contribution in [1.82, 2.24) is 4.90 Å². The molecule has 0 fully saturated rings. The number of nitrogens with zero attached hydrogens (tertiary/aromatic N) is 1. The summed E-state index contributed by atoms with van der Waals surface area (Å²) in [6.45, 7) is 4.42. The van der Waals surface area contributed by atoms with Crippen LogP contribution in [0.2, 0.25) is 0 Å². The summed E-state index contributed by atoms with van der Waals surface area (Å²) in [7, 11) is 1.79. The molecular formula is C20H24FNO3S. The van der Waals surface area contributed by atoms with Crippen LogP contribution in [0.25, 0.3) is 0 Å². The van der Waals surface area contributed by atoms with Gasteiger partial charge in [-0.15, -0.1) is 0 Å². The fraction of sp³-hybridized carbons (Fsp3) is 0.350. The van der Waals surface area contributed by atoms with E-state index in [1.54, 1.807) is 18.0 Å². The quantitative estimate of drug-likeness (QED) is 0.702. The first-order valence-corrected chi connectivity index (χ1v) is 9.25. The van der Waals surface area contributed by atoms with Crippen LogP contribution in [0.5, 0.6) is 5.75 Å². The minimum atomic E-state index is -0.861. The molecule has 4 nitrogen and oxygen atoms in total. The summed E-state index contributed by atoms with van der Waals surface area (Å²) >= 11 is 1.43. The molecule has 6 heteroatoms. The first-order chi connectivity index (χ1) is 12.4. The van der Waals surface area contributed by atoms with Crippen molar-refractivity contribution in [3.63, 3.8) is 0 Å². The molecule has 0 spiro atoms. The predicted octanol–water partition coefficient (Wildman–Crippen LogP) is 4.40. The number of aliphatic carboxylic acids is 1. The Morgan fingerprint density at radius 3 is 2.62 bits per heavy atom. The lowest BCUT2D eigenvalue weighted by atomic mass is 10.0. The molecule has 0 amide bonds. The Hall–Kier alpha value is -2.05. The van der Waals surface area contributed by atoms with Crippen molar-refractivity contribution in [3.05, 3.63) is 54.3 Å². The highest BCUT2D eigenvalue weighted by atomic mass is 32.2. The lowest BCUT2D eigenvalue weighted by Crippen LogP contribution is -2.43. The summed E-state index contributed by atoms with van der Waals surface area (Å²) in [6, 6.07) is 14.0. The van der Waals surface area contributed by atoms with E-state index in [0.717, 1.165) is 9.79 Å². The Balaban J connectivity index is 2.10. The van der Waals surface area contributed by atoms with Gasteiger partial charge in [0.25, 0.3) is 0 Å². The fourth-order valence-corrected chi connectivity index (χ4v) is 3.59. The number of para-hydroxylation sites is 1. The van der Waals surface area contributed by atoms with E-state index >= 15 is 0 Å². The van der Waals surface area contributed by atoms with E-state index in [1.165, 1.54) is 23.9 Å². The summed E-state index contributed by atoms with van der Waals surface area (Å²) in [5, 5.41) is 9.01. The number of carboxylic acids is 1. The molecule has 0 saturated heterocycles. The van der Waals surface area contributed by atoms with Gasteiger partial charge in [0.1, 0.15) is 18.2 Å². The minimum absolute atomic E-state index is 0.0293. The molecule has 0 saturated carbocycles. The maximum Gasteiger partial charge on any atom is 0.317 e. The lowest BCUT2D eigenvalue weighted by Gasteiger charge is -2.30. The summed E-state index contributed by atoms with van der Waals surface area (Å²) in [5.41, 5.74) is 0. The van der Waals surface area contributed by atoms with Crippen molar-refractivity contribution >= 4 is 17.7 Å². The second kappa shape index (κ2) is 9.59. The first kappa shape index (κ1) is 20.3. The molecule has 0 aliphatic heterocycles. The molecule has 0 radical (unpaired) electrons. The van der Waals surface area contributed by atoms with Crippen LogP contribution < -0.4 is 4.74 Å². The third-order valence-electron chi connectivity index (χ3n) is 4.00. The van der Waals surface area contributed by atoms with Gasteiger partial charge in [0.2, 0.25) is 0 Å². The third-order valence-corrected chi connectivity index (χ3v) is 5.05. The Morgan fingerprint density at radius 1 is 1.23 bits per heavy atom. The van der Waals surface area contributed by atoms with Crippen LogP contribution in [0, 0.1) is 11.7 Å². The van der Waals surface area contributed by atoms with Crippen LogP contribution in [-0.4, -0.2) is 42.2 Å². The second-order valence-electron chi connectivity index (χ2n) is 6.44. The third kappa shape index (κ3) is 6.04. The number of hydrogen-bond donors (Lipinski definition) is 1. The number of hydrogen-bond acceptors (Lipinski definition) is 4. The van der Waals surface area contributed by atoms with Crippen LogP contribution in [-0.2, 0) is 4.79 Å². The van der Waals surface area contributed by atoms with E-state index in [4.69, 9.17) is 9.84 Å². The first-order valence-electron chi connectivity index (χ1n) is 8.44. The molecule has 1 N–H and O–H groups in total. The molecule has 1 atom stereocenters. The van der Waals surface area contributed by atoms with Gasteiger partial charge in [-0.25, -0.2) is 4.39 Å². The molecule has 1 unspecified atom stereocenters. The van der Waals surface area contributed by atoms with Gasteiger partial charge < -0.3 is 9.84 Å². The second-order valence-corrected chi connectivity index (χ2v) is 7.55. The Bertz CT molecular complexity index is 739. The van der Waals surface area contributed by atoms with Crippen LogP contribution in [0.4, 0.5) is 4.39 Å². The Labute approximate surface area is 158 Å². The topological polar surface area (TPSA) is 49.8 Å². The molecule has 2 aromatic carbocycles. The molecule has 0 aromatic heterocycles. The largest absolute Gasteiger partial charge is 0.491 e. The number of likely N-dealkylation sites (N-methyl/N-ethyl adjacent to an activating group) is 1. The zero-order chi connectivity index (χ0) is 19.1. The van der Waals surface area contributed by atoms with Crippen molar-refractivity contribution in [1.29, 1.82) is 0 Å². The fourth-order valence-electron chi connectivity index (χ4n) is 2.65. The van der Waals surface area contributed by atoms with E-state index in [-0.39, 0.29) is 24.3 Å². The monoisotopic (exact) mass is 377 g/mol. The highest BCUT2D eigenvalue weighted by Gasteiger charge is 2.22. The summed E-state index contributed by atoms with van der Waals surface area (Å²) in [6.07, 6.45) is 0. The van der Waals surface area contributed by atoms with Gasteiger partial charge in [0.05, 0.1) is 11.4 Å². The van der Waals surface area contributed by atoms with Gasteiger partial charge in [-0.05, 0) is 43.3 Å². The number of benzene rings is 2. The zero-order valence-corrected chi connectivity index (χ0v) is 16.0. The molecule has 2 aromatic rings. The number of halogens is 1. The number of carboxylic acid groups (broad SMARTS) is 1. The Morgan fingerprint density at radius 2 is 1.96 bits per heavy atom. The van der Waals surface area contributed by atoms with Crippen LogP contribution in [0.3, 0.4) is 0 Å². The van der Waals surface area contributed by atoms with E-state index in [1.807, 2.05) is 44.2 Å². The van der Waals surface area contributed by atoms with Crippen LogP contribution >= 0.6 is 11.8 Å². The van der Waals surface area contributed by atoms with Crippen molar-refractivity contribution in [2.45, 2.75) is 29.7 Å². The molecule has 0 aliphatic carbocycles. The molecule has 0 bridgehead atoms. The smallest absolute Gasteiger partial charge is 0.317 e. The molecule has 2 rings (SSSR count). The maximum absolute atomic E-state index is 13.4. The zero-order valence-electron chi connectivity index (χ0n) is 15.2. The van der Waals surface area contributed by atoms with Crippen molar-refractivity contribution in [2.75, 3.05) is 20.2 Å². The summed E-state index contributed by atoms with van der Waals surface area (Å²) in [4.78, 5) is 14.5. The van der Waals surface area contributed by atoms with E-state index in [9.17, 15) is 9.18 Å². The van der Waals surface area contributed by atoms with Gasteiger partial charge in [-0.3, -0.25) is 9.69 Å². The standard InChI is InChI=1S/C20H24FNO3S/c1-14(2)17(22(3)12-20(23)24)13-25-18-9-4-5-10-19(18)26-16-8-6-7-15(21)11-16/h4-11,14,17H,12-13H2,1-3H3,(H,23,24). The molecule has 0 aliphatic rings. The Kier molecular flexibility index (Phi) is 7.48. The van der Waals surface area contributed by atoms with Gasteiger partial charge in [0, 0.05) is 10.9 Å². The SMILES string of the molecule is CC(C)C(COc1ccccc1Sc1cccc(F)c1)N(C)CC(=O)O. The number of ether oxygens (including phenoxy) is 1. The minimum Gasteiger partial charge on any atom is -0.491 e. The van der Waals surface area contributed by atoms with Crippen molar-refractivity contribution in [3.8, 4) is 5.75 Å². The van der Waals surface area contributed by atoms with Crippen LogP contribution in [0.1, 0.15) is 13.8 Å². The molecule has 26 heavy (non-hydrogen) atoms. The highest BCUT2D eigenvalue weighted by Crippen LogP contribution is 2.35. The number of rotatable bonds is 9. The van der Waals surface area contributed by atoms with E-state index in [2.05, 4.69) is 0 Å². The number of carbonyl (C=O) groups is 1. The maximum atomic E-state index is 13.4. The normalized spacial score (nSPS) is 12.4. The lowest BCUT2D eigenvalue weighted by molar-refractivity contribution is -0.138. The summed E-state index contributed by atoms with van der Waals surface area (Å²) < 4.78 is 19.4. The molecular weight excluding hydrogens is 353 g/mol. The van der Waals surface area contributed by atoms with Crippen molar-refractivity contribution in [2.24, 2.45) is 5.92 Å².